The van der Waals surface area contributed by atoms with E-state index in [9.17, 15) is 9.59 Å². The minimum atomic E-state index is -0.996. The highest BCUT2D eigenvalue weighted by atomic mass is 32.1. The normalized spacial score (nSPS) is 10.9. The van der Waals surface area contributed by atoms with Crippen LogP contribution in [0.5, 0.6) is 0 Å². The third kappa shape index (κ3) is 4.84. The predicted molar refractivity (Wildman–Crippen MR) is 77.5 cm³/mol. The highest BCUT2D eigenvalue weighted by Gasteiger charge is 2.06. The van der Waals surface area contributed by atoms with Crippen molar-refractivity contribution < 1.29 is 14.7 Å². The number of thiophene rings is 1. The molecule has 0 fully saturated rings. The van der Waals surface area contributed by atoms with Gasteiger partial charge in [0, 0.05) is 23.6 Å². The van der Waals surface area contributed by atoms with Crippen LogP contribution in [0.1, 0.15) is 16.9 Å². The molecule has 0 saturated heterocycles. The van der Waals surface area contributed by atoms with Gasteiger partial charge in [-0.05, 0) is 23.1 Å². The number of carboxylic acid groups (broad SMARTS) is 1. The van der Waals surface area contributed by atoms with E-state index >= 15 is 0 Å². The van der Waals surface area contributed by atoms with Crippen LogP contribution in [0.15, 0.2) is 29.9 Å². The van der Waals surface area contributed by atoms with Gasteiger partial charge in [0.25, 0.3) is 0 Å². The molecule has 0 aliphatic carbocycles. The lowest BCUT2D eigenvalue weighted by Crippen LogP contribution is -2.23. The molecule has 7 nitrogen and oxygen atoms in total. The number of aliphatic carboxylic acids is 1. The van der Waals surface area contributed by atoms with Crippen molar-refractivity contribution in [2.24, 2.45) is 0 Å². The molecule has 2 aromatic heterocycles. The van der Waals surface area contributed by atoms with E-state index < -0.39 is 5.97 Å². The maximum atomic E-state index is 11.7. The molecule has 0 aliphatic heterocycles. The van der Waals surface area contributed by atoms with Crippen LogP contribution in [0.3, 0.4) is 0 Å². The van der Waals surface area contributed by atoms with Gasteiger partial charge >= 0.3 is 5.97 Å². The summed E-state index contributed by atoms with van der Waals surface area (Å²) in [5.41, 5.74) is 0.805. The van der Waals surface area contributed by atoms with E-state index in [-0.39, 0.29) is 5.91 Å². The molecule has 8 heteroatoms. The lowest BCUT2D eigenvalue weighted by molar-refractivity contribution is -0.131. The van der Waals surface area contributed by atoms with Gasteiger partial charge < -0.3 is 10.4 Å². The number of rotatable bonds is 7. The predicted octanol–water partition coefficient (Wildman–Crippen LogP) is 1.14. The van der Waals surface area contributed by atoms with Gasteiger partial charge in [0.2, 0.25) is 5.91 Å². The van der Waals surface area contributed by atoms with Crippen LogP contribution in [0, 0.1) is 0 Å². The van der Waals surface area contributed by atoms with Crippen LogP contribution in [0.25, 0.3) is 6.08 Å². The van der Waals surface area contributed by atoms with Crippen LogP contribution in [-0.2, 0) is 22.7 Å². The van der Waals surface area contributed by atoms with Gasteiger partial charge in [0.05, 0.1) is 19.3 Å². The first kappa shape index (κ1) is 14.9. The molecule has 0 aliphatic rings. The lowest BCUT2D eigenvalue weighted by Gasteiger charge is -2.04. The summed E-state index contributed by atoms with van der Waals surface area (Å²) >= 11 is 1.47. The molecule has 2 aromatic rings. The Labute approximate surface area is 124 Å². The van der Waals surface area contributed by atoms with E-state index in [0.29, 0.717) is 19.5 Å². The van der Waals surface area contributed by atoms with Gasteiger partial charge in [-0.2, -0.15) is 0 Å². The highest BCUT2D eigenvalue weighted by molar-refractivity contribution is 7.10. The average Bonchev–Trinajstić information content (AvgIpc) is 3.11. The topological polar surface area (TPSA) is 97.1 Å². The molecule has 0 radical (unpaired) electrons. The zero-order valence-corrected chi connectivity index (χ0v) is 11.9. The molecule has 110 valence electrons. The van der Waals surface area contributed by atoms with E-state index in [1.54, 1.807) is 17.1 Å². The van der Waals surface area contributed by atoms with Crippen molar-refractivity contribution in [3.05, 3.63) is 40.4 Å². The van der Waals surface area contributed by atoms with Crippen molar-refractivity contribution >= 4 is 29.3 Å². The number of carbonyl (C=O) groups excluding carboxylic acids is 1. The van der Waals surface area contributed by atoms with E-state index in [4.69, 9.17) is 5.11 Å². The molecule has 2 heterocycles. The minimum Gasteiger partial charge on any atom is -0.478 e. The summed E-state index contributed by atoms with van der Waals surface area (Å²) < 4.78 is 1.59. The number of carbonyl (C=O) groups is 2. The Kier molecular flexibility index (Phi) is 5.22. The van der Waals surface area contributed by atoms with Gasteiger partial charge in [-0.1, -0.05) is 5.21 Å². The first-order valence-corrected chi connectivity index (χ1v) is 7.11. The number of aromatic nitrogens is 3. The zero-order chi connectivity index (χ0) is 15.1. The van der Waals surface area contributed by atoms with Gasteiger partial charge in [-0.3, -0.25) is 9.48 Å². The van der Waals surface area contributed by atoms with E-state index in [0.717, 1.165) is 16.5 Å². The van der Waals surface area contributed by atoms with Gasteiger partial charge in [-0.25, -0.2) is 4.79 Å². The second-order valence-electron chi connectivity index (χ2n) is 4.16. The Morgan fingerprint density at radius 2 is 2.33 bits per heavy atom. The largest absolute Gasteiger partial charge is 0.478 e. The fourth-order valence-electron chi connectivity index (χ4n) is 1.64. The van der Waals surface area contributed by atoms with Crippen LogP contribution >= 0.6 is 11.3 Å². The average molecular weight is 306 g/mol. The minimum absolute atomic E-state index is 0.0907. The number of carboxylic acids is 1. The van der Waals surface area contributed by atoms with Crippen molar-refractivity contribution in [3.63, 3.8) is 0 Å². The number of nitrogens with one attached hydrogen (secondary N) is 1. The van der Waals surface area contributed by atoms with Crippen molar-refractivity contribution in [2.45, 2.75) is 19.5 Å². The standard InChI is InChI=1S/C13H14N4O3S/c18-12(3-6-17-7-5-15-16-17)14-9-11-10(4-8-21-11)1-2-13(19)20/h1-2,4-5,7-8H,3,6,9H2,(H,14,18)(H,19,20)/b2-1+. The molecule has 0 aromatic carbocycles. The summed E-state index contributed by atoms with van der Waals surface area (Å²) in [6.45, 7) is 0.856. The molecule has 0 saturated carbocycles. The number of nitrogens with zero attached hydrogens (tertiary/aromatic N) is 3. The first-order chi connectivity index (χ1) is 10.1. The van der Waals surface area contributed by atoms with Crippen LogP contribution < -0.4 is 5.32 Å². The molecule has 1 amide bonds. The van der Waals surface area contributed by atoms with Crippen molar-refractivity contribution in [3.8, 4) is 0 Å². The molecule has 0 bridgehead atoms. The van der Waals surface area contributed by atoms with Gasteiger partial charge in [0.1, 0.15) is 0 Å². The number of hydrogen-bond donors (Lipinski definition) is 2. The van der Waals surface area contributed by atoms with Crippen molar-refractivity contribution in [2.75, 3.05) is 0 Å². The molecule has 0 spiro atoms. The Hall–Kier alpha value is -2.48. The third-order valence-corrected chi connectivity index (χ3v) is 3.61. The SMILES string of the molecule is O=C(O)/C=C/c1ccsc1CNC(=O)CCn1ccnn1. The summed E-state index contributed by atoms with van der Waals surface area (Å²) in [6, 6.07) is 1.82. The summed E-state index contributed by atoms with van der Waals surface area (Å²) in [5, 5.41) is 20.7. The van der Waals surface area contributed by atoms with E-state index in [2.05, 4.69) is 15.6 Å². The van der Waals surface area contributed by atoms with Gasteiger partial charge in [-0.15, -0.1) is 16.4 Å². The Balaban J connectivity index is 1.81. The summed E-state index contributed by atoms with van der Waals surface area (Å²) in [6.07, 6.45) is 6.18. The van der Waals surface area contributed by atoms with Crippen molar-refractivity contribution in [1.29, 1.82) is 0 Å². The fraction of sp³-hybridized carbons (Fsp3) is 0.231. The maximum absolute atomic E-state index is 11.7. The highest BCUT2D eigenvalue weighted by Crippen LogP contribution is 2.18. The Bertz CT molecular complexity index is 634. The molecule has 0 unspecified atom stereocenters. The van der Waals surface area contributed by atoms with E-state index in [1.807, 2.05) is 11.4 Å². The molecular weight excluding hydrogens is 292 g/mol. The monoisotopic (exact) mass is 306 g/mol. The second-order valence-corrected chi connectivity index (χ2v) is 5.16. The van der Waals surface area contributed by atoms with Crippen LogP contribution in [-0.4, -0.2) is 32.0 Å². The summed E-state index contributed by atoms with van der Waals surface area (Å²) in [4.78, 5) is 23.2. The fourth-order valence-corrected chi connectivity index (χ4v) is 2.45. The quantitative estimate of drug-likeness (QED) is 0.748. The molecular formula is C13H14N4O3S. The van der Waals surface area contributed by atoms with E-state index in [1.165, 1.54) is 17.4 Å². The molecule has 2 N–H and O–H groups in total. The molecule has 2 rings (SSSR count). The maximum Gasteiger partial charge on any atom is 0.328 e. The van der Waals surface area contributed by atoms with Gasteiger partial charge in [0.15, 0.2) is 0 Å². The summed E-state index contributed by atoms with van der Waals surface area (Å²) in [7, 11) is 0. The molecule has 0 atom stereocenters. The first-order valence-electron chi connectivity index (χ1n) is 6.23. The third-order valence-electron chi connectivity index (χ3n) is 2.67. The summed E-state index contributed by atoms with van der Waals surface area (Å²) in [5.74, 6) is -1.09. The zero-order valence-electron chi connectivity index (χ0n) is 11.1. The lowest BCUT2D eigenvalue weighted by atomic mass is 10.2. The van der Waals surface area contributed by atoms with Crippen molar-refractivity contribution in [1.82, 2.24) is 20.3 Å². The number of amides is 1. The number of aryl methyl sites for hydroxylation is 1. The smallest absolute Gasteiger partial charge is 0.328 e. The Morgan fingerprint density at radius 1 is 1.48 bits per heavy atom. The second kappa shape index (κ2) is 7.34. The Morgan fingerprint density at radius 3 is 3.05 bits per heavy atom. The van der Waals surface area contributed by atoms with Crippen LogP contribution in [0.4, 0.5) is 0 Å². The van der Waals surface area contributed by atoms with Crippen LogP contribution in [0.2, 0.25) is 0 Å². The number of hydrogen-bond acceptors (Lipinski definition) is 5. The molecule has 21 heavy (non-hydrogen) atoms.